The fourth-order valence-corrected chi connectivity index (χ4v) is 4.03. The molecule has 3 atom stereocenters. The first-order chi connectivity index (χ1) is 12.1. The molecule has 1 aromatic rings. The SMILES string of the molecule is C[C@@H]1CCCC[C@H]1NC(=O)[C@@H](C)OC(=O)c1ccc(Cl)c(S(N)(=O)=O)c1. The van der Waals surface area contributed by atoms with Crippen LogP contribution in [-0.4, -0.2) is 32.4 Å². The first-order valence-electron chi connectivity index (χ1n) is 8.43. The molecule has 0 bridgehead atoms. The van der Waals surface area contributed by atoms with Crippen LogP contribution in [0.3, 0.4) is 0 Å². The van der Waals surface area contributed by atoms with Crippen LogP contribution in [0.2, 0.25) is 5.02 Å². The largest absolute Gasteiger partial charge is 0.449 e. The smallest absolute Gasteiger partial charge is 0.338 e. The van der Waals surface area contributed by atoms with Gasteiger partial charge in [-0.3, -0.25) is 4.79 Å². The van der Waals surface area contributed by atoms with E-state index < -0.39 is 22.1 Å². The van der Waals surface area contributed by atoms with Gasteiger partial charge in [-0.2, -0.15) is 0 Å². The van der Waals surface area contributed by atoms with E-state index in [0.717, 1.165) is 31.7 Å². The second kappa shape index (κ2) is 8.37. The van der Waals surface area contributed by atoms with E-state index in [-0.39, 0.29) is 27.4 Å². The molecular weight excluding hydrogens is 380 g/mol. The van der Waals surface area contributed by atoms with Gasteiger partial charge >= 0.3 is 5.97 Å². The number of sulfonamides is 1. The van der Waals surface area contributed by atoms with E-state index in [4.69, 9.17) is 21.5 Å². The molecule has 1 aliphatic rings. The molecular formula is C17H23ClN2O5S. The van der Waals surface area contributed by atoms with Crippen LogP contribution < -0.4 is 10.5 Å². The maximum absolute atomic E-state index is 12.3. The molecule has 0 spiro atoms. The average Bonchev–Trinajstić information content (AvgIpc) is 2.56. The molecule has 7 nitrogen and oxygen atoms in total. The molecule has 9 heteroatoms. The highest BCUT2D eigenvalue weighted by atomic mass is 35.5. The predicted octanol–water partition coefficient (Wildman–Crippen LogP) is 2.23. The molecule has 0 radical (unpaired) electrons. The van der Waals surface area contributed by atoms with Gasteiger partial charge in [-0.1, -0.05) is 31.4 Å². The van der Waals surface area contributed by atoms with Crippen molar-refractivity contribution >= 4 is 33.5 Å². The molecule has 26 heavy (non-hydrogen) atoms. The first kappa shape index (κ1) is 20.7. The zero-order chi connectivity index (χ0) is 19.5. The zero-order valence-electron chi connectivity index (χ0n) is 14.7. The van der Waals surface area contributed by atoms with Crippen molar-refractivity contribution in [3.8, 4) is 0 Å². The highest BCUT2D eigenvalue weighted by molar-refractivity contribution is 7.89. The Labute approximate surface area is 158 Å². The van der Waals surface area contributed by atoms with Gasteiger partial charge in [0.25, 0.3) is 5.91 Å². The molecule has 0 saturated heterocycles. The summed E-state index contributed by atoms with van der Waals surface area (Å²) in [5, 5.41) is 7.89. The number of ether oxygens (including phenoxy) is 1. The molecule has 3 N–H and O–H groups in total. The quantitative estimate of drug-likeness (QED) is 0.732. The molecule has 0 aliphatic heterocycles. The van der Waals surface area contributed by atoms with Crippen molar-refractivity contribution in [2.75, 3.05) is 0 Å². The minimum atomic E-state index is -4.08. The van der Waals surface area contributed by atoms with E-state index in [1.54, 1.807) is 0 Å². The Morgan fingerprint density at radius 3 is 2.58 bits per heavy atom. The van der Waals surface area contributed by atoms with Crippen molar-refractivity contribution < 1.29 is 22.7 Å². The number of rotatable bonds is 5. The second-order valence-electron chi connectivity index (χ2n) is 6.61. The molecule has 2 rings (SSSR count). The molecule has 1 aromatic carbocycles. The first-order valence-corrected chi connectivity index (χ1v) is 10.4. The summed E-state index contributed by atoms with van der Waals surface area (Å²) in [4.78, 5) is 24.1. The Morgan fingerprint density at radius 1 is 1.31 bits per heavy atom. The Morgan fingerprint density at radius 2 is 1.96 bits per heavy atom. The number of nitrogens with one attached hydrogen (secondary N) is 1. The van der Waals surface area contributed by atoms with Gasteiger partial charge < -0.3 is 10.1 Å². The second-order valence-corrected chi connectivity index (χ2v) is 8.55. The van der Waals surface area contributed by atoms with Crippen molar-refractivity contribution in [1.82, 2.24) is 5.32 Å². The van der Waals surface area contributed by atoms with E-state index in [9.17, 15) is 18.0 Å². The van der Waals surface area contributed by atoms with Crippen molar-refractivity contribution in [3.63, 3.8) is 0 Å². The lowest BCUT2D eigenvalue weighted by atomic mass is 9.86. The monoisotopic (exact) mass is 402 g/mol. The normalized spacial score (nSPS) is 21.7. The van der Waals surface area contributed by atoms with Crippen LogP contribution in [0.15, 0.2) is 23.1 Å². The molecule has 1 amide bonds. The summed E-state index contributed by atoms with van der Waals surface area (Å²) in [6.45, 7) is 3.56. The number of carbonyl (C=O) groups excluding carboxylic acids is 2. The van der Waals surface area contributed by atoms with Gasteiger partial charge in [0.2, 0.25) is 10.0 Å². The van der Waals surface area contributed by atoms with E-state index in [1.165, 1.54) is 19.1 Å². The summed E-state index contributed by atoms with van der Waals surface area (Å²) in [6, 6.07) is 3.66. The number of carbonyl (C=O) groups is 2. The lowest BCUT2D eigenvalue weighted by molar-refractivity contribution is -0.130. The maximum Gasteiger partial charge on any atom is 0.338 e. The lowest BCUT2D eigenvalue weighted by Crippen LogP contribution is -2.46. The van der Waals surface area contributed by atoms with Crippen LogP contribution in [0.5, 0.6) is 0 Å². The van der Waals surface area contributed by atoms with Gasteiger partial charge in [-0.25, -0.2) is 18.4 Å². The van der Waals surface area contributed by atoms with E-state index in [1.807, 2.05) is 0 Å². The van der Waals surface area contributed by atoms with E-state index in [0.29, 0.717) is 5.92 Å². The van der Waals surface area contributed by atoms with Crippen LogP contribution >= 0.6 is 11.6 Å². The lowest BCUT2D eigenvalue weighted by Gasteiger charge is -2.30. The minimum Gasteiger partial charge on any atom is -0.449 e. The molecule has 144 valence electrons. The number of nitrogens with two attached hydrogens (primary N) is 1. The summed E-state index contributed by atoms with van der Waals surface area (Å²) in [6.07, 6.45) is 3.17. The Balaban J connectivity index is 2.03. The molecule has 1 fully saturated rings. The molecule has 0 unspecified atom stereocenters. The third-order valence-corrected chi connectivity index (χ3v) is 5.96. The van der Waals surface area contributed by atoms with Gasteiger partial charge in [0.15, 0.2) is 6.10 Å². The number of benzene rings is 1. The molecule has 0 aromatic heterocycles. The van der Waals surface area contributed by atoms with Gasteiger partial charge in [-0.15, -0.1) is 0 Å². The molecule has 1 saturated carbocycles. The van der Waals surface area contributed by atoms with Gasteiger partial charge in [-0.05, 0) is 43.9 Å². The maximum atomic E-state index is 12.3. The van der Waals surface area contributed by atoms with Gasteiger partial charge in [0.05, 0.1) is 10.6 Å². The Bertz CT molecular complexity index is 796. The summed E-state index contributed by atoms with van der Waals surface area (Å²) in [5.74, 6) is -0.826. The van der Waals surface area contributed by atoms with E-state index in [2.05, 4.69) is 12.2 Å². The van der Waals surface area contributed by atoms with Gasteiger partial charge in [0, 0.05) is 6.04 Å². The average molecular weight is 403 g/mol. The van der Waals surface area contributed by atoms with Crippen LogP contribution in [0.25, 0.3) is 0 Å². The third-order valence-electron chi connectivity index (χ3n) is 4.57. The number of amides is 1. The number of hydrogen-bond acceptors (Lipinski definition) is 5. The molecule has 0 heterocycles. The summed E-state index contributed by atoms with van der Waals surface area (Å²) >= 11 is 5.79. The Kier molecular flexibility index (Phi) is 6.65. The van der Waals surface area contributed by atoms with Crippen LogP contribution in [-0.2, 0) is 19.6 Å². The third kappa shape index (κ3) is 5.18. The fourth-order valence-electron chi connectivity index (χ4n) is 2.96. The van der Waals surface area contributed by atoms with E-state index >= 15 is 0 Å². The highest BCUT2D eigenvalue weighted by Gasteiger charge is 2.27. The Hall–Kier alpha value is -1.64. The standard InChI is InChI=1S/C17H23ClN2O5S/c1-10-5-3-4-6-14(10)20-16(21)11(2)25-17(22)12-7-8-13(18)15(9-12)26(19,23)24/h7-11,14H,3-6H2,1-2H3,(H,20,21)(H2,19,23,24)/t10-,11-,14-/m1/s1. The fraction of sp³-hybridized carbons (Fsp3) is 0.529. The van der Waals surface area contributed by atoms with Crippen LogP contribution in [0.4, 0.5) is 0 Å². The number of esters is 1. The van der Waals surface area contributed by atoms with Crippen molar-refractivity contribution in [1.29, 1.82) is 0 Å². The summed E-state index contributed by atoms with van der Waals surface area (Å²) in [7, 11) is -4.08. The van der Waals surface area contributed by atoms with Crippen molar-refractivity contribution in [2.45, 2.75) is 56.6 Å². The zero-order valence-corrected chi connectivity index (χ0v) is 16.3. The summed E-state index contributed by atoms with van der Waals surface area (Å²) in [5.41, 5.74) is -0.0518. The predicted molar refractivity (Wildman–Crippen MR) is 97.3 cm³/mol. The number of primary sulfonamides is 1. The summed E-state index contributed by atoms with van der Waals surface area (Å²) < 4.78 is 28.1. The van der Waals surface area contributed by atoms with Crippen LogP contribution in [0, 0.1) is 5.92 Å². The topological polar surface area (TPSA) is 116 Å². The van der Waals surface area contributed by atoms with Gasteiger partial charge in [0.1, 0.15) is 4.90 Å². The molecule has 1 aliphatic carbocycles. The van der Waals surface area contributed by atoms with Crippen molar-refractivity contribution in [3.05, 3.63) is 28.8 Å². The van der Waals surface area contributed by atoms with Crippen LogP contribution in [0.1, 0.15) is 49.9 Å². The number of hydrogen-bond donors (Lipinski definition) is 2. The number of halogens is 1. The van der Waals surface area contributed by atoms with Crippen molar-refractivity contribution in [2.24, 2.45) is 11.1 Å². The minimum absolute atomic E-state index is 0.0518. The highest BCUT2D eigenvalue weighted by Crippen LogP contribution is 2.24.